The highest BCUT2D eigenvalue weighted by atomic mass is 35.5. The fourth-order valence-corrected chi connectivity index (χ4v) is 2.67. The van der Waals surface area contributed by atoms with Crippen LogP contribution in [-0.2, 0) is 4.79 Å². The highest BCUT2D eigenvalue weighted by Gasteiger charge is 2.46. The van der Waals surface area contributed by atoms with E-state index in [0.717, 1.165) is 5.56 Å². The topological polar surface area (TPSA) is 46.3 Å². The predicted octanol–water partition coefficient (Wildman–Crippen LogP) is 2.89. The Morgan fingerprint density at radius 1 is 1.15 bits per heavy atom. The van der Waals surface area contributed by atoms with Crippen molar-refractivity contribution in [2.24, 2.45) is 5.73 Å². The SMILES string of the molecule is NC1C(=O)N(c2cccc(F)c2)C1c1cccc(Cl)c1. The van der Waals surface area contributed by atoms with Gasteiger partial charge in [0.05, 0.1) is 6.04 Å². The van der Waals surface area contributed by atoms with E-state index in [0.29, 0.717) is 10.7 Å². The standard InChI is InChI=1S/C15H12ClFN2O/c16-10-4-1-3-9(7-10)14-13(18)15(20)19(14)12-6-2-5-11(17)8-12/h1-8,13-14H,18H2. The summed E-state index contributed by atoms with van der Waals surface area (Å²) in [5, 5.41) is 0.577. The second-order valence-electron chi connectivity index (χ2n) is 4.71. The van der Waals surface area contributed by atoms with Crippen LogP contribution in [0.15, 0.2) is 48.5 Å². The summed E-state index contributed by atoms with van der Waals surface area (Å²) in [6.45, 7) is 0. The lowest BCUT2D eigenvalue weighted by molar-refractivity contribution is -0.126. The van der Waals surface area contributed by atoms with Crippen molar-refractivity contribution in [1.29, 1.82) is 0 Å². The maximum Gasteiger partial charge on any atom is 0.247 e. The quantitative estimate of drug-likeness (QED) is 0.865. The largest absolute Gasteiger partial charge is 0.318 e. The van der Waals surface area contributed by atoms with Gasteiger partial charge in [0.25, 0.3) is 0 Å². The lowest BCUT2D eigenvalue weighted by Gasteiger charge is -2.45. The van der Waals surface area contributed by atoms with E-state index in [9.17, 15) is 9.18 Å². The van der Waals surface area contributed by atoms with E-state index in [1.807, 2.05) is 6.07 Å². The van der Waals surface area contributed by atoms with Crippen LogP contribution in [-0.4, -0.2) is 11.9 Å². The Labute approximate surface area is 120 Å². The molecule has 102 valence electrons. The van der Waals surface area contributed by atoms with E-state index < -0.39 is 6.04 Å². The van der Waals surface area contributed by atoms with Crippen LogP contribution in [0.3, 0.4) is 0 Å². The average molecular weight is 291 g/mol. The minimum absolute atomic E-state index is 0.222. The van der Waals surface area contributed by atoms with Crippen LogP contribution < -0.4 is 10.6 Å². The summed E-state index contributed by atoms with van der Waals surface area (Å²) >= 11 is 5.97. The first kappa shape index (κ1) is 13.1. The van der Waals surface area contributed by atoms with Gasteiger partial charge in [-0.1, -0.05) is 29.8 Å². The second kappa shape index (κ2) is 4.89. The molecule has 1 heterocycles. The van der Waals surface area contributed by atoms with Crippen LogP contribution in [0.2, 0.25) is 5.02 Å². The van der Waals surface area contributed by atoms with E-state index in [-0.39, 0.29) is 17.8 Å². The van der Waals surface area contributed by atoms with Crippen LogP contribution in [0.25, 0.3) is 0 Å². The third kappa shape index (κ3) is 2.07. The molecule has 3 nitrogen and oxygen atoms in total. The number of nitrogens with zero attached hydrogens (tertiary/aromatic N) is 1. The van der Waals surface area contributed by atoms with Gasteiger partial charge in [0.15, 0.2) is 0 Å². The summed E-state index contributed by atoms with van der Waals surface area (Å²) in [5.41, 5.74) is 7.23. The summed E-state index contributed by atoms with van der Waals surface area (Å²) in [6.07, 6.45) is 0. The van der Waals surface area contributed by atoms with Crippen LogP contribution in [0.5, 0.6) is 0 Å². The van der Waals surface area contributed by atoms with Gasteiger partial charge >= 0.3 is 0 Å². The Bertz CT molecular complexity index is 676. The maximum atomic E-state index is 13.3. The molecule has 2 aromatic rings. The summed E-state index contributed by atoms with van der Waals surface area (Å²) in [5.74, 6) is -0.610. The number of nitrogens with two attached hydrogens (primary N) is 1. The van der Waals surface area contributed by atoms with Crippen molar-refractivity contribution in [2.45, 2.75) is 12.1 Å². The first-order valence-corrected chi connectivity index (χ1v) is 6.55. The number of halogens is 2. The first-order chi connectivity index (χ1) is 9.58. The highest BCUT2D eigenvalue weighted by Crippen LogP contribution is 2.38. The maximum absolute atomic E-state index is 13.3. The van der Waals surface area contributed by atoms with Gasteiger partial charge in [0, 0.05) is 10.7 Å². The third-order valence-electron chi connectivity index (χ3n) is 3.42. The number of hydrogen-bond donors (Lipinski definition) is 1. The molecule has 5 heteroatoms. The first-order valence-electron chi connectivity index (χ1n) is 6.17. The number of carbonyl (C=O) groups excluding carboxylic acids is 1. The average Bonchev–Trinajstić information content (AvgIpc) is 2.43. The summed E-state index contributed by atoms with van der Waals surface area (Å²) in [4.78, 5) is 13.5. The second-order valence-corrected chi connectivity index (χ2v) is 5.15. The predicted molar refractivity (Wildman–Crippen MR) is 76.1 cm³/mol. The van der Waals surface area contributed by atoms with E-state index in [4.69, 9.17) is 17.3 Å². The fraction of sp³-hybridized carbons (Fsp3) is 0.133. The molecular formula is C15H12ClFN2O. The van der Waals surface area contributed by atoms with Crippen LogP contribution >= 0.6 is 11.6 Å². The van der Waals surface area contributed by atoms with Crippen molar-refractivity contribution in [2.75, 3.05) is 4.90 Å². The Morgan fingerprint density at radius 3 is 2.60 bits per heavy atom. The molecule has 2 atom stereocenters. The normalized spacial score (nSPS) is 21.8. The lowest BCUT2D eigenvalue weighted by atomic mass is 9.88. The zero-order valence-corrected chi connectivity index (χ0v) is 11.2. The van der Waals surface area contributed by atoms with Crippen molar-refractivity contribution in [3.8, 4) is 0 Å². The van der Waals surface area contributed by atoms with Gasteiger partial charge in [-0.2, -0.15) is 0 Å². The molecule has 1 aliphatic rings. The molecular weight excluding hydrogens is 279 g/mol. The molecule has 0 spiro atoms. The lowest BCUT2D eigenvalue weighted by Crippen LogP contribution is -2.63. The van der Waals surface area contributed by atoms with Crippen molar-refractivity contribution < 1.29 is 9.18 Å². The van der Waals surface area contributed by atoms with Crippen LogP contribution in [0.1, 0.15) is 11.6 Å². The van der Waals surface area contributed by atoms with Gasteiger partial charge in [0.2, 0.25) is 5.91 Å². The minimum atomic E-state index is -0.628. The van der Waals surface area contributed by atoms with Crippen LogP contribution in [0.4, 0.5) is 10.1 Å². The molecule has 0 aliphatic carbocycles. The van der Waals surface area contributed by atoms with Gasteiger partial charge in [-0.25, -0.2) is 4.39 Å². The number of amides is 1. The van der Waals surface area contributed by atoms with E-state index in [1.165, 1.54) is 17.0 Å². The van der Waals surface area contributed by atoms with Crippen molar-refractivity contribution in [3.63, 3.8) is 0 Å². The number of β-lactam (4-membered cyclic amide) rings is 1. The molecule has 0 bridgehead atoms. The van der Waals surface area contributed by atoms with Crippen molar-refractivity contribution in [3.05, 3.63) is 64.9 Å². The molecule has 1 aliphatic heterocycles. The van der Waals surface area contributed by atoms with E-state index >= 15 is 0 Å². The highest BCUT2D eigenvalue weighted by molar-refractivity contribution is 6.30. The fourth-order valence-electron chi connectivity index (χ4n) is 2.47. The number of rotatable bonds is 2. The molecule has 2 N–H and O–H groups in total. The zero-order valence-electron chi connectivity index (χ0n) is 10.5. The number of anilines is 1. The Balaban J connectivity index is 2.00. The van der Waals surface area contributed by atoms with Gasteiger partial charge in [0.1, 0.15) is 11.9 Å². The molecule has 20 heavy (non-hydrogen) atoms. The molecule has 2 aromatic carbocycles. The van der Waals surface area contributed by atoms with Gasteiger partial charge in [-0.05, 0) is 35.9 Å². The van der Waals surface area contributed by atoms with Gasteiger partial charge in [-0.3, -0.25) is 4.79 Å². The van der Waals surface area contributed by atoms with Gasteiger partial charge in [-0.15, -0.1) is 0 Å². The minimum Gasteiger partial charge on any atom is -0.318 e. The summed E-state index contributed by atoms with van der Waals surface area (Å²) < 4.78 is 13.3. The number of carbonyl (C=O) groups is 1. The van der Waals surface area contributed by atoms with Crippen LogP contribution in [0, 0.1) is 5.82 Å². The molecule has 2 unspecified atom stereocenters. The smallest absolute Gasteiger partial charge is 0.247 e. The number of benzene rings is 2. The molecule has 0 radical (unpaired) electrons. The molecule has 0 aromatic heterocycles. The van der Waals surface area contributed by atoms with E-state index in [1.54, 1.807) is 30.3 Å². The summed E-state index contributed by atoms with van der Waals surface area (Å²) in [7, 11) is 0. The Kier molecular flexibility index (Phi) is 3.20. The third-order valence-corrected chi connectivity index (χ3v) is 3.65. The van der Waals surface area contributed by atoms with Crippen molar-refractivity contribution in [1.82, 2.24) is 0 Å². The zero-order chi connectivity index (χ0) is 14.3. The Morgan fingerprint density at radius 2 is 1.90 bits per heavy atom. The summed E-state index contributed by atoms with van der Waals surface area (Å²) in [6, 6.07) is 12.1. The molecule has 3 rings (SSSR count). The van der Waals surface area contributed by atoms with E-state index in [2.05, 4.69) is 0 Å². The molecule has 1 fully saturated rings. The number of hydrogen-bond acceptors (Lipinski definition) is 2. The van der Waals surface area contributed by atoms with Gasteiger partial charge < -0.3 is 10.6 Å². The monoisotopic (exact) mass is 290 g/mol. The molecule has 0 saturated carbocycles. The van der Waals surface area contributed by atoms with Crippen molar-refractivity contribution >= 4 is 23.2 Å². The molecule has 1 saturated heterocycles. The molecule has 1 amide bonds. The Hall–Kier alpha value is -1.91.